The third kappa shape index (κ3) is 6.00. The molecule has 0 bridgehead atoms. The molecule has 1 aliphatic heterocycles. The molecule has 2 aromatic heterocycles. The molecule has 1 aliphatic carbocycles. The summed E-state index contributed by atoms with van der Waals surface area (Å²) in [6.45, 7) is 6.79. The third-order valence-corrected chi connectivity index (χ3v) is 5.63. The highest BCUT2D eigenvalue weighted by molar-refractivity contribution is 7.09. The molecule has 4 rings (SSSR count). The van der Waals surface area contributed by atoms with E-state index in [1.165, 1.54) is 23.5 Å². The second-order valence-electron chi connectivity index (χ2n) is 7.09. The number of thiazole rings is 1. The van der Waals surface area contributed by atoms with Crippen LogP contribution in [0.3, 0.4) is 0 Å². The summed E-state index contributed by atoms with van der Waals surface area (Å²) in [6.07, 6.45) is 1.47. The van der Waals surface area contributed by atoms with E-state index < -0.39 is 12.1 Å². The van der Waals surface area contributed by atoms with E-state index in [4.69, 9.17) is 14.6 Å². The Morgan fingerprint density at radius 3 is 2.66 bits per heavy atom. The van der Waals surface area contributed by atoms with Crippen molar-refractivity contribution in [3.05, 3.63) is 34.3 Å². The molecule has 7 nitrogen and oxygen atoms in total. The Balaban J connectivity index is 0.000000298. The number of hydrogen-bond donors (Lipinski definition) is 1. The summed E-state index contributed by atoms with van der Waals surface area (Å²) in [6, 6.07) is 0.329. The number of carbonyl (C=O) groups is 1. The van der Waals surface area contributed by atoms with Crippen LogP contribution < -0.4 is 0 Å². The van der Waals surface area contributed by atoms with Crippen LogP contribution in [-0.2, 0) is 29.2 Å². The van der Waals surface area contributed by atoms with Gasteiger partial charge in [-0.15, -0.1) is 11.3 Å². The van der Waals surface area contributed by atoms with E-state index in [1.807, 2.05) is 17.8 Å². The van der Waals surface area contributed by atoms with Gasteiger partial charge in [0.15, 0.2) is 0 Å². The molecule has 1 atom stereocenters. The van der Waals surface area contributed by atoms with E-state index in [1.54, 1.807) is 11.3 Å². The molecule has 29 heavy (non-hydrogen) atoms. The van der Waals surface area contributed by atoms with Crippen molar-refractivity contribution in [2.75, 3.05) is 13.2 Å². The Morgan fingerprint density at radius 2 is 2.07 bits per heavy atom. The van der Waals surface area contributed by atoms with E-state index in [0.717, 1.165) is 38.0 Å². The molecular weight excluding hydrogens is 409 g/mol. The van der Waals surface area contributed by atoms with E-state index in [2.05, 4.69) is 26.4 Å². The van der Waals surface area contributed by atoms with Gasteiger partial charge in [-0.1, -0.05) is 0 Å². The molecule has 0 amide bonds. The second kappa shape index (κ2) is 9.23. The first-order chi connectivity index (χ1) is 13.8. The molecule has 1 unspecified atom stereocenters. The number of fused-ring (bicyclic) bond motifs is 1. The largest absolute Gasteiger partial charge is 0.490 e. The van der Waals surface area contributed by atoms with Gasteiger partial charge < -0.3 is 14.4 Å². The van der Waals surface area contributed by atoms with Crippen molar-refractivity contribution in [1.82, 2.24) is 19.4 Å². The first-order valence-electron chi connectivity index (χ1n) is 9.30. The van der Waals surface area contributed by atoms with Gasteiger partial charge in [0.05, 0.1) is 31.1 Å². The summed E-state index contributed by atoms with van der Waals surface area (Å²) in [4.78, 5) is 20.4. The van der Waals surface area contributed by atoms with Crippen molar-refractivity contribution < 1.29 is 27.8 Å². The Morgan fingerprint density at radius 1 is 1.34 bits per heavy atom. The molecule has 0 spiro atoms. The molecule has 0 aromatic carbocycles. The first kappa shape index (κ1) is 21.7. The molecule has 11 heteroatoms. The molecule has 3 heterocycles. The standard InChI is InChI=1S/C16H22N4OS.C2HF3O2/c1-12-16-18-8-14(11-21-10-13-2-3-13)20(16)6-5-19(12)9-15-17-4-7-22-15;3-2(4,5)1(6)7/h4,7-8,12-13H,2-3,5-6,9-11H2,1H3;(H,6,7). The van der Waals surface area contributed by atoms with Crippen molar-refractivity contribution in [3.8, 4) is 0 Å². The molecule has 2 aromatic rings. The van der Waals surface area contributed by atoms with Gasteiger partial charge in [-0.25, -0.2) is 14.8 Å². The van der Waals surface area contributed by atoms with Crippen LogP contribution >= 0.6 is 11.3 Å². The molecule has 1 saturated carbocycles. The number of carboxylic acid groups (broad SMARTS) is 1. The number of alkyl halides is 3. The summed E-state index contributed by atoms with van der Waals surface area (Å²) in [5.41, 5.74) is 1.22. The van der Waals surface area contributed by atoms with Gasteiger partial charge in [0.25, 0.3) is 0 Å². The Labute approximate surface area is 170 Å². The van der Waals surface area contributed by atoms with Crippen molar-refractivity contribution in [2.45, 2.75) is 51.7 Å². The lowest BCUT2D eigenvalue weighted by Gasteiger charge is -2.33. The van der Waals surface area contributed by atoms with Crippen LogP contribution in [0.1, 0.15) is 42.3 Å². The number of aromatic nitrogens is 3. The van der Waals surface area contributed by atoms with Crippen LogP contribution in [0.25, 0.3) is 0 Å². The van der Waals surface area contributed by atoms with Gasteiger partial charge in [0.2, 0.25) is 0 Å². The monoisotopic (exact) mass is 432 g/mol. The van der Waals surface area contributed by atoms with E-state index in [9.17, 15) is 13.2 Å². The lowest BCUT2D eigenvalue weighted by Crippen LogP contribution is -2.37. The molecule has 160 valence electrons. The topological polar surface area (TPSA) is 80.5 Å². The molecule has 0 saturated heterocycles. The predicted molar refractivity (Wildman–Crippen MR) is 99.2 cm³/mol. The van der Waals surface area contributed by atoms with Crippen LogP contribution in [0.2, 0.25) is 0 Å². The second-order valence-corrected chi connectivity index (χ2v) is 8.07. The fourth-order valence-corrected chi connectivity index (χ4v) is 3.70. The minimum absolute atomic E-state index is 0.329. The minimum Gasteiger partial charge on any atom is -0.475 e. The van der Waals surface area contributed by atoms with E-state index >= 15 is 0 Å². The first-order valence-corrected chi connectivity index (χ1v) is 10.2. The Bertz CT molecular complexity index is 806. The minimum atomic E-state index is -5.08. The number of aliphatic carboxylic acids is 1. The number of rotatable bonds is 6. The van der Waals surface area contributed by atoms with Gasteiger partial charge in [0.1, 0.15) is 10.8 Å². The highest BCUT2D eigenvalue weighted by Gasteiger charge is 2.38. The maximum Gasteiger partial charge on any atom is 0.490 e. The number of hydrogen-bond acceptors (Lipinski definition) is 6. The summed E-state index contributed by atoms with van der Waals surface area (Å²) >= 11 is 1.72. The van der Waals surface area contributed by atoms with Gasteiger partial charge in [-0.2, -0.15) is 13.2 Å². The van der Waals surface area contributed by atoms with E-state index in [-0.39, 0.29) is 0 Å². The Kier molecular flexibility index (Phi) is 6.91. The van der Waals surface area contributed by atoms with Crippen LogP contribution in [-0.4, -0.2) is 49.8 Å². The summed E-state index contributed by atoms with van der Waals surface area (Å²) in [5.74, 6) is -0.781. The summed E-state index contributed by atoms with van der Waals surface area (Å²) < 4.78 is 39.9. The SMILES string of the molecule is CC1c2ncc(COCC3CC3)n2CCN1Cc1nccs1.O=C(O)C(F)(F)F. The van der Waals surface area contributed by atoms with Gasteiger partial charge in [-0.3, -0.25) is 4.90 Å². The van der Waals surface area contributed by atoms with Crippen molar-refractivity contribution in [2.24, 2.45) is 5.92 Å². The fraction of sp³-hybridized carbons (Fsp3) is 0.611. The van der Waals surface area contributed by atoms with Gasteiger partial charge in [-0.05, 0) is 25.7 Å². The van der Waals surface area contributed by atoms with Crippen molar-refractivity contribution in [3.63, 3.8) is 0 Å². The van der Waals surface area contributed by atoms with Gasteiger partial charge >= 0.3 is 12.1 Å². The number of nitrogens with zero attached hydrogens (tertiary/aromatic N) is 4. The fourth-order valence-electron chi connectivity index (χ4n) is 3.05. The zero-order valence-corrected chi connectivity index (χ0v) is 16.7. The van der Waals surface area contributed by atoms with Gasteiger partial charge in [0, 0.05) is 31.3 Å². The van der Waals surface area contributed by atoms with Crippen molar-refractivity contribution >= 4 is 17.3 Å². The number of halogens is 3. The normalized spacial score (nSPS) is 19.4. The quantitative estimate of drug-likeness (QED) is 0.753. The number of carboxylic acids is 1. The average Bonchev–Trinajstić information content (AvgIpc) is 3.16. The third-order valence-electron chi connectivity index (χ3n) is 4.87. The highest BCUT2D eigenvalue weighted by Crippen LogP contribution is 2.30. The maximum atomic E-state index is 10.6. The number of ether oxygens (including phenoxy) is 1. The lowest BCUT2D eigenvalue weighted by atomic mass is 10.2. The average molecular weight is 432 g/mol. The van der Waals surface area contributed by atoms with Crippen LogP contribution in [0.4, 0.5) is 13.2 Å². The van der Waals surface area contributed by atoms with Crippen LogP contribution in [0.15, 0.2) is 17.8 Å². The number of imidazole rings is 1. The predicted octanol–water partition coefficient (Wildman–Crippen LogP) is 3.48. The highest BCUT2D eigenvalue weighted by atomic mass is 32.1. The zero-order chi connectivity index (χ0) is 21.0. The van der Waals surface area contributed by atoms with Crippen molar-refractivity contribution in [1.29, 1.82) is 0 Å². The smallest absolute Gasteiger partial charge is 0.475 e. The maximum absolute atomic E-state index is 10.6. The van der Waals surface area contributed by atoms with Crippen LogP contribution in [0, 0.1) is 5.92 Å². The van der Waals surface area contributed by atoms with E-state index in [0.29, 0.717) is 12.6 Å². The summed E-state index contributed by atoms with van der Waals surface area (Å²) in [5, 5.41) is 10.3. The molecule has 2 aliphatic rings. The zero-order valence-electron chi connectivity index (χ0n) is 15.9. The van der Waals surface area contributed by atoms with Crippen LogP contribution in [0.5, 0.6) is 0 Å². The molecule has 1 fully saturated rings. The molecule has 0 radical (unpaired) electrons. The molecular formula is C18H23F3N4O3S. The Hall–Kier alpha value is -1.98. The summed E-state index contributed by atoms with van der Waals surface area (Å²) in [7, 11) is 0. The lowest BCUT2D eigenvalue weighted by molar-refractivity contribution is -0.192. The molecule has 1 N–H and O–H groups in total.